The lowest BCUT2D eigenvalue weighted by atomic mass is 9.94. The van der Waals surface area contributed by atoms with Crippen molar-refractivity contribution in [1.82, 2.24) is 14.8 Å². The summed E-state index contributed by atoms with van der Waals surface area (Å²) in [5, 5.41) is 11.7. The molecule has 2 unspecified atom stereocenters. The Morgan fingerprint density at radius 3 is 2.81 bits per heavy atom. The monoisotopic (exact) mass is 367 g/mol. The molecule has 1 aromatic heterocycles. The Kier molecular flexibility index (Phi) is 5.41. The minimum atomic E-state index is -0.460. The number of likely N-dealkylation sites (tertiary alicyclic amines) is 1. The Morgan fingerprint density at radius 1 is 1.22 bits per heavy atom. The summed E-state index contributed by atoms with van der Waals surface area (Å²) >= 11 is 0. The van der Waals surface area contributed by atoms with Crippen LogP contribution in [0.4, 0.5) is 0 Å². The van der Waals surface area contributed by atoms with Crippen LogP contribution in [0.1, 0.15) is 31.2 Å². The van der Waals surface area contributed by atoms with Gasteiger partial charge in [0.05, 0.1) is 18.2 Å². The van der Waals surface area contributed by atoms with Gasteiger partial charge in [0, 0.05) is 36.6 Å². The van der Waals surface area contributed by atoms with Crippen molar-refractivity contribution in [1.29, 1.82) is 0 Å². The molecule has 0 radical (unpaired) electrons. The van der Waals surface area contributed by atoms with Crippen LogP contribution in [-0.4, -0.2) is 64.6 Å². The highest BCUT2D eigenvalue weighted by Gasteiger charge is 2.35. The molecule has 1 aliphatic heterocycles. The third kappa shape index (κ3) is 3.99. The minimum Gasteiger partial charge on any atom is -0.391 e. The van der Waals surface area contributed by atoms with E-state index < -0.39 is 6.10 Å². The van der Waals surface area contributed by atoms with Gasteiger partial charge in [-0.05, 0) is 44.0 Å². The SMILES string of the molecule is CN(CC(=O)N1CC(O)C(Cc2ccnc3ccccc23)C1)C1CCCC1. The van der Waals surface area contributed by atoms with E-state index in [9.17, 15) is 9.90 Å². The first-order chi connectivity index (χ1) is 13.1. The fourth-order valence-corrected chi connectivity index (χ4v) is 4.66. The Bertz CT molecular complexity index is 798. The number of hydrogen-bond donors (Lipinski definition) is 1. The van der Waals surface area contributed by atoms with Crippen molar-refractivity contribution in [3.63, 3.8) is 0 Å². The molecule has 1 aliphatic carbocycles. The van der Waals surface area contributed by atoms with Gasteiger partial charge in [-0.2, -0.15) is 0 Å². The fraction of sp³-hybridized carbons (Fsp3) is 0.545. The topological polar surface area (TPSA) is 56.7 Å². The zero-order valence-electron chi connectivity index (χ0n) is 16.1. The molecule has 1 amide bonds. The van der Waals surface area contributed by atoms with Gasteiger partial charge in [-0.1, -0.05) is 31.0 Å². The van der Waals surface area contributed by atoms with Crippen molar-refractivity contribution < 1.29 is 9.90 Å². The zero-order chi connectivity index (χ0) is 18.8. The van der Waals surface area contributed by atoms with Crippen molar-refractivity contribution >= 4 is 16.8 Å². The smallest absolute Gasteiger partial charge is 0.236 e. The second-order valence-electron chi connectivity index (χ2n) is 8.17. The van der Waals surface area contributed by atoms with Crippen LogP contribution in [0.15, 0.2) is 36.5 Å². The number of carbonyl (C=O) groups is 1. The molecule has 4 rings (SSSR count). The number of aromatic nitrogens is 1. The number of β-amino-alcohol motifs (C(OH)–C–C–N with tert-alkyl or cyclic N) is 1. The Labute approximate surface area is 161 Å². The van der Waals surface area contributed by atoms with Gasteiger partial charge in [-0.15, -0.1) is 0 Å². The zero-order valence-corrected chi connectivity index (χ0v) is 16.1. The highest BCUT2D eigenvalue weighted by molar-refractivity contribution is 5.82. The molecule has 2 fully saturated rings. The van der Waals surface area contributed by atoms with Crippen LogP contribution in [0.25, 0.3) is 10.9 Å². The predicted molar refractivity (Wildman–Crippen MR) is 106 cm³/mol. The van der Waals surface area contributed by atoms with Crippen molar-refractivity contribution in [2.24, 2.45) is 5.92 Å². The number of fused-ring (bicyclic) bond motifs is 1. The van der Waals surface area contributed by atoms with E-state index in [1.807, 2.05) is 35.4 Å². The maximum atomic E-state index is 12.7. The summed E-state index contributed by atoms with van der Waals surface area (Å²) < 4.78 is 0. The van der Waals surface area contributed by atoms with Crippen LogP contribution in [-0.2, 0) is 11.2 Å². The molecule has 2 atom stereocenters. The number of nitrogens with zero attached hydrogens (tertiary/aromatic N) is 3. The van der Waals surface area contributed by atoms with Crippen molar-refractivity contribution in [2.45, 2.75) is 44.2 Å². The Morgan fingerprint density at radius 2 is 2.00 bits per heavy atom. The molecule has 1 aromatic carbocycles. The number of para-hydroxylation sites is 1. The standard InChI is InChI=1S/C22H29N3O2/c1-24(18-6-2-3-7-18)15-22(27)25-13-17(21(26)14-25)12-16-10-11-23-20-9-5-4-8-19(16)20/h4-5,8-11,17-18,21,26H,2-3,6-7,12-15H2,1H3. The molecule has 2 heterocycles. The number of rotatable bonds is 5. The van der Waals surface area contributed by atoms with Crippen molar-refractivity contribution in [3.05, 3.63) is 42.1 Å². The van der Waals surface area contributed by atoms with Gasteiger partial charge in [0.1, 0.15) is 0 Å². The van der Waals surface area contributed by atoms with Crippen LogP contribution >= 0.6 is 0 Å². The lowest BCUT2D eigenvalue weighted by Crippen LogP contribution is -2.41. The molecule has 0 bridgehead atoms. The van der Waals surface area contributed by atoms with Gasteiger partial charge >= 0.3 is 0 Å². The number of hydrogen-bond acceptors (Lipinski definition) is 4. The maximum absolute atomic E-state index is 12.7. The molecule has 1 N–H and O–H groups in total. The lowest BCUT2D eigenvalue weighted by Gasteiger charge is -2.26. The lowest BCUT2D eigenvalue weighted by molar-refractivity contribution is -0.132. The van der Waals surface area contributed by atoms with E-state index in [0.29, 0.717) is 25.7 Å². The quantitative estimate of drug-likeness (QED) is 0.882. The number of likely N-dealkylation sites (N-methyl/N-ethyl adjacent to an activating group) is 1. The number of aliphatic hydroxyl groups excluding tert-OH is 1. The van der Waals surface area contributed by atoms with Crippen LogP contribution in [0.2, 0.25) is 0 Å². The number of carbonyl (C=O) groups excluding carboxylic acids is 1. The molecule has 2 aliphatic rings. The number of aliphatic hydroxyl groups is 1. The van der Waals surface area contributed by atoms with Crippen molar-refractivity contribution in [3.8, 4) is 0 Å². The maximum Gasteiger partial charge on any atom is 0.236 e. The second-order valence-corrected chi connectivity index (χ2v) is 8.17. The summed E-state index contributed by atoms with van der Waals surface area (Å²) in [6, 6.07) is 10.7. The third-order valence-corrected chi connectivity index (χ3v) is 6.31. The molecule has 144 valence electrons. The van der Waals surface area contributed by atoms with Crippen LogP contribution in [0.3, 0.4) is 0 Å². The minimum absolute atomic E-state index is 0.0801. The summed E-state index contributed by atoms with van der Waals surface area (Å²) in [6.45, 7) is 1.54. The summed E-state index contributed by atoms with van der Waals surface area (Å²) in [7, 11) is 2.06. The molecular weight excluding hydrogens is 338 g/mol. The van der Waals surface area contributed by atoms with E-state index in [2.05, 4.69) is 23.0 Å². The van der Waals surface area contributed by atoms with E-state index in [1.165, 1.54) is 31.2 Å². The molecule has 0 spiro atoms. The van der Waals surface area contributed by atoms with E-state index in [0.717, 1.165) is 17.3 Å². The number of pyridine rings is 1. The molecular formula is C22H29N3O2. The summed E-state index contributed by atoms with van der Waals surface area (Å²) in [6.07, 6.45) is 7.08. The fourth-order valence-electron chi connectivity index (χ4n) is 4.66. The molecule has 5 nitrogen and oxygen atoms in total. The summed E-state index contributed by atoms with van der Waals surface area (Å²) in [4.78, 5) is 21.2. The average molecular weight is 367 g/mol. The van der Waals surface area contributed by atoms with E-state index in [-0.39, 0.29) is 11.8 Å². The van der Waals surface area contributed by atoms with Gasteiger partial charge in [-0.25, -0.2) is 0 Å². The van der Waals surface area contributed by atoms with Crippen molar-refractivity contribution in [2.75, 3.05) is 26.7 Å². The molecule has 1 saturated carbocycles. The highest BCUT2D eigenvalue weighted by atomic mass is 16.3. The largest absolute Gasteiger partial charge is 0.391 e. The first kappa shape index (κ1) is 18.4. The van der Waals surface area contributed by atoms with Gasteiger partial charge in [0.25, 0.3) is 0 Å². The third-order valence-electron chi connectivity index (χ3n) is 6.31. The molecule has 27 heavy (non-hydrogen) atoms. The molecule has 5 heteroatoms. The summed E-state index contributed by atoms with van der Waals surface area (Å²) in [5.41, 5.74) is 2.18. The van der Waals surface area contributed by atoms with E-state index in [1.54, 1.807) is 0 Å². The summed E-state index contributed by atoms with van der Waals surface area (Å²) in [5.74, 6) is 0.224. The van der Waals surface area contributed by atoms with Crippen LogP contribution in [0, 0.1) is 5.92 Å². The first-order valence-corrected chi connectivity index (χ1v) is 10.1. The van der Waals surface area contributed by atoms with Gasteiger partial charge in [0.2, 0.25) is 5.91 Å². The first-order valence-electron chi connectivity index (χ1n) is 10.1. The Balaban J connectivity index is 1.40. The highest BCUT2D eigenvalue weighted by Crippen LogP contribution is 2.26. The van der Waals surface area contributed by atoms with E-state index >= 15 is 0 Å². The molecule has 2 aromatic rings. The van der Waals surface area contributed by atoms with Crippen LogP contribution in [0.5, 0.6) is 0 Å². The Hall–Kier alpha value is -1.98. The van der Waals surface area contributed by atoms with Gasteiger partial charge in [0.15, 0.2) is 0 Å². The van der Waals surface area contributed by atoms with E-state index in [4.69, 9.17) is 0 Å². The average Bonchev–Trinajstić information content (AvgIpc) is 3.33. The predicted octanol–water partition coefficient (Wildman–Crippen LogP) is 2.47. The second kappa shape index (κ2) is 7.95. The molecule has 1 saturated heterocycles. The normalized spacial score (nSPS) is 23.6. The van der Waals surface area contributed by atoms with Gasteiger partial charge < -0.3 is 10.0 Å². The number of amides is 1. The van der Waals surface area contributed by atoms with Gasteiger partial charge in [-0.3, -0.25) is 14.7 Å². The number of benzene rings is 1. The van der Waals surface area contributed by atoms with Crippen LogP contribution < -0.4 is 0 Å².